The highest BCUT2D eigenvalue weighted by atomic mass is 32.1. The quantitative estimate of drug-likeness (QED) is 0.938. The summed E-state index contributed by atoms with van der Waals surface area (Å²) in [5.74, 6) is 0.836. The maximum absolute atomic E-state index is 5.93. The van der Waals surface area contributed by atoms with Crippen LogP contribution in [0.25, 0.3) is 10.6 Å². The molecule has 0 spiro atoms. The first-order chi connectivity index (χ1) is 9.76. The van der Waals surface area contributed by atoms with Gasteiger partial charge in [-0.1, -0.05) is 23.5 Å². The van der Waals surface area contributed by atoms with Gasteiger partial charge in [0.2, 0.25) is 5.13 Å². The fourth-order valence-electron chi connectivity index (χ4n) is 2.31. The lowest BCUT2D eigenvalue weighted by Crippen LogP contribution is -2.39. The molecule has 2 heterocycles. The number of methoxy groups -OCH3 is 1. The number of hydrogen-bond acceptors (Lipinski definition) is 6. The van der Waals surface area contributed by atoms with Gasteiger partial charge in [-0.15, -0.1) is 10.2 Å². The van der Waals surface area contributed by atoms with E-state index in [1.807, 2.05) is 24.3 Å². The van der Waals surface area contributed by atoms with Crippen LogP contribution >= 0.6 is 11.3 Å². The van der Waals surface area contributed by atoms with Gasteiger partial charge < -0.3 is 15.4 Å². The monoisotopic (exact) mass is 290 g/mol. The molecule has 0 bridgehead atoms. The lowest BCUT2D eigenvalue weighted by atomic mass is 10.1. The predicted molar refractivity (Wildman–Crippen MR) is 81.3 cm³/mol. The zero-order valence-electron chi connectivity index (χ0n) is 11.5. The molecule has 2 N–H and O–H groups in total. The van der Waals surface area contributed by atoms with Crippen molar-refractivity contribution in [1.29, 1.82) is 0 Å². The van der Waals surface area contributed by atoms with Gasteiger partial charge in [-0.05, 0) is 25.0 Å². The third-order valence-corrected chi connectivity index (χ3v) is 4.57. The molecule has 0 radical (unpaired) electrons. The van der Waals surface area contributed by atoms with E-state index in [1.165, 1.54) is 0 Å². The molecule has 1 fully saturated rings. The Labute approximate surface area is 122 Å². The minimum atomic E-state index is 0.331. The van der Waals surface area contributed by atoms with Crippen LogP contribution in [-0.2, 0) is 0 Å². The second kappa shape index (κ2) is 5.76. The fraction of sp³-hybridized carbons (Fsp3) is 0.429. The van der Waals surface area contributed by atoms with E-state index >= 15 is 0 Å². The summed E-state index contributed by atoms with van der Waals surface area (Å²) in [6.45, 7) is 1.93. The molecular weight excluding hydrogens is 272 g/mol. The second-order valence-electron chi connectivity index (χ2n) is 4.95. The van der Waals surface area contributed by atoms with E-state index in [-0.39, 0.29) is 0 Å². The normalized spacial score (nSPS) is 16.4. The topological polar surface area (TPSA) is 64.3 Å². The van der Waals surface area contributed by atoms with Crippen LogP contribution in [0.2, 0.25) is 0 Å². The minimum Gasteiger partial charge on any atom is -0.497 e. The van der Waals surface area contributed by atoms with Gasteiger partial charge in [0, 0.05) is 24.7 Å². The van der Waals surface area contributed by atoms with Crippen molar-refractivity contribution >= 4 is 16.5 Å². The zero-order valence-corrected chi connectivity index (χ0v) is 12.3. The summed E-state index contributed by atoms with van der Waals surface area (Å²) in [7, 11) is 1.67. The van der Waals surface area contributed by atoms with Gasteiger partial charge in [-0.25, -0.2) is 0 Å². The summed E-state index contributed by atoms with van der Waals surface area (Å²) < 4.78 is 5.24. The van der Waals surface area contributed by atoms with Crippen LogP contribution in [0.15, 0.2) is 24.3 Å². The molecule has 0 aliphatic carbocycles. The van der Waals surface area contributed by atoms with Crippen molar-refractivity contribution in [2.45, 2.75) is 18.9 Å². The van der Waals surface area contributed by atoms with Crippen molar-refractivity contribution < 1.29 is 4.74 Å². The van der Waals surface area contributed by atoms with E-state index in [9.17, 15) is 0 Å². The predicted octanol–water partition coefficient (Wildman–Crippen LogP) is 2.14. The molecular formula is C14H18N4OS. The van der Waals surface area contributed by atoms with Gasteiger partial charge >= 0.3 is 0 Å². The fourth-order valence-corrected chi connectivity index (χ4v) is 3.20. The SMILES string of the molecule is COc1cccc(-c2nnc(N3CCC(N)CC3)s2)c1. The Morgan fingerprint density at radius 1 is 1.30 bits per heavy atom. The Morgan fingerprint density at radius 3 is 2.85 bits per heavy atom. The van der Waals surface area contributed by atoms with Crippen molar-refractivity contribution in [2.75, 3.05) is 25.1 Å². The average Bonchev–Trinajstić information content (AvgIpc) is 2.98. The van der Waals surface area contributed by atoms with E-state index in [0.717, 1.165) is 47.4 Å². The molecule has 1 aromatic carbocycles. The summed E-state index contributed by atoms with van der Waals surface area (Å²) in [6.07, 6.45) is 2.04. The Morgan fingerprint density at radius 2 is 2.10 bits per heavy atom. The molecule has 2 aromatic rings. The van der Waals surface area contributed by atoms with E-state index in [4.69, 9.17) is 10.5 Å². The molecule has 6 heteroatoms. The van der Waals surface area contributed by atoms with Crippen LogP contribution < -0.4 is 15.4 Å². The minimum absolute atomic E-state index is 0.331. The first kappa shape index (κ1) is 13.3. The summed E-state index contributed by atoms with van der Waals surface area (Å²) in [5.41, 5.74) is 6.97. The number of benzene rings is 1. The van der Waals surface area contributed by atoms with E-state index in [0.29, 0.717) is 6.04 Å². The number of hydrogen-bond donors (Lipinski definition) is 1. The Balaban J connectivity index is 1.79. The van der Waals surface area contributed by atoms with Crippen LogP contribution in [0, 0.1) is 0 Å². The van der Waals surface area contributed by atoms with Crippen molar-refractivity contribution in [2.24, 2.45) is 5.73 Å². The lowest BCUT2D eigenvalue weighted by molar-refractivity contribution is 0.415. The smallest absolute Gasteiger partial charge is 0.208 e. The Hall–Kier alpha value is -1.66. The summed E-state index contributed by atoms with van der Waals surface area (Å²) >= 11 is 1.62. The van der Waals surface area contributed by atoms with Crippen molar-refractivity contribution in [3.63, 3.8) is 0 Å². The van der Waals surface area contributed by atoms with Crippen LogP contribution in [0.4, 0.5) is 5.13 Å². The van der Waals surface area contributed by atoms with E-state index < -0.39 is 0 Å². The molecule has 1 aliphatic rings. The third-order valence-electron chi connectivity index (χ3n) is 3.54. The number of aromatic nitrogens is 2. The van der Waals surface area contributed by atoms with Gasteiger partial charge in [0.25, 0.3) is 0 Å². The summed E-state index contributed by atoms with van der Waals surface area (Å²) in [6, 6.07) is 8.24. The van der Waals surface area contributed by atoms with Crippen LogP contribution in [0.3, 0.4) is 0 Å². The van der Waals surface area contributed by atoms with Gasteiger partial charge in [0.05, 0.1) is 7.11 Å². The number of rotatable bonds is 3. The first-order valence-corrected chi connectivity index (χ1v) is 7.56. The molecule has 1 aliphatic heterocycles. The molecule has 0 amide bonds. The first-order valence-electron chi connectivity index (χ1n) is 6.75. The molecule has 3 rings (SSSR count). The molecule has 106 valence electrons. The van der Waals surface area contributed by atoms with Crippen LogP contribution in [-0.4, -0.2) is 36.4 Å². The average molecular weight is 290 g/mol. The molecule has 5 nitrogen and oxygen atoms in total. The van der Waals surface area contributed by atoms with Crippen molar-refractivity contribution in [3.8, 4) is 16.3 Å². The van der Waals surface area contributed by atoms with Crippen molar-refractivity contribution in [3.05, 3.63) is 24.3 Å². The zero-order chi connectivity index (χ0) is 13.9. The highest BCUT2D eigenvalue weighted by Gasteiger charge is 2.19. The highest BCUT2D eigenvalue weighted by Crippen LogP contribution is 2.31. The highest BCUT2D eigenvalue weighted by molar-refractivity contribution is 7.18. The van der Waals surface area contributed by atoms with Crippen molar-refractivity contribution in [1.82, 2.24) is 10.2 Å². The largest absolute Gasteiger partial charge is 0.497 e. The Bertz CT molecular complexity index is 578. The molecule has 0 unspecified atom stereocenters. The number of piperidine rings is 1. The molecule has 0 saturated carbocycles. The molecule has 1 saturated heterocycles. The third kappa shape index (κ3) is 2.76. The van der Waals surface area contributed by atoms with E-state index in [2.05, 4.69) is 15.1 Å². The lowest BCUT2D eigenvalue weighted by Gasteiger charge is -2.29. The number of nitrogens with zero attached hydrogens (tertiary/aromatic N) is 3. The Kier molecular flexibility index (Phi) is 3.84. The van der Waals surface area contributed by atoms with Crippen LogP contribution in [0.1, 0.15) is 12.8 Å². The molecule has 0 atom stereocenters. The standard InChI is InChI=1S/C14H18N4OS/c1-19-12-4-2-3-10(9-12)13-16-17-14(20-13)18-7-5-11(15)6-8-18/h2-4,9,11H,5-8,15H2,1H3. The number of anilines is 1. The van der Waals surface area contributed by atoms with Gasteiger partial charge in [-0.3, -0.25) is 0 Å². The molecule has 20 heavy (non-hydrogen) atoms. The maximum Gasteiger partial charge on any atom is 0.208 e. The van der Waals surface area contributed by atoms with Gasteiger partial charge in [0.15, 0.2) is 0 Å². The van der Waals surface area contributed by atoms with Gasteiger partial charge in [-0.2, -0.15) is 0 Å². The summed E-state index contributed by atoms with van der Waals surface area (Å²) in [5, 5.41) is 10.5. The van der Waals surface area contributed by atoms with Crippen LogP contribution in [0.5, 0.6) is 5.75 Å². The summed E-state index contributed by atoms with van der Waals surface area (Å²) in [4.78, 5) is 2.27. The van der Waals surface area contributed by atoms with Gasteiger partial charge in [0.1, 0.15) is 10.8 Å². The molecule has 1 aromatic heterocycles. The number of ether oxygens (including phenoxy) is 1. The second-order valence-corrected chi connectivity index (χ2v) is 5.90. The van der Waals surface area contributed by atoms with E-state index in [1.54, 1.807) is 18.4 Å². The number of nitrogens with two attached hydrogens (primary N) is 1. The maximum atomic E-state index is 5.93.